The Morgan fingerprint density at radius 1 is 1.32 bits per heavy atom. The zero-order chi connectivity index (χ0) is 13.8. The number of allylic oxidation sites excluding steroid dienone is 1. The third-order valence-electron chi connectivity index (χ3n) is 2.63. The number of para-hydroxylation sites is 1. The molecule has 0 aliphatic heterocycles. The van der Waals surface area contributed by atoms with Crippen LogP contribution in [0.2, 0.25) is 0 Å². The van der Waals surface area contributed by atoms with Crippen molar-refractivity contribution in [3.63, 3.8) is 0 Å². The molecule has 0 fully saturated rings. The number of hydrogen-bond donors (Lipinski definition) is 1. The van der Waals surface area contributed by atoms with Crippen molar-refractivity contribution < 1.29 is 14.7 Å². The molecule has 4 heteroatoms. The molecule has 0 amide bonds. The molecule has 0 radical (unpaired) electrons. The summed E-state index contributed by atoms with van der Waals surface area (Å²) in [5.74, 6) is -0.675. The average molecular weight is 255 g/mol. The van der Waals surface area contributed by atoms with E-state index < -0.39 is 5.97 Å². The standard InChI is InChI=1S/C13H9NO.C2H4O2/c15-13-7-3-6-12-10(13)8-9-4-1-2-5-11(9)14-12;1-2(3)4/h1-6,8H,7H2;1H3,(H,3,4). The van der Waals surface area contributed by atoms with E-state index in [0.29, 0.717) is 6.42 Å². The first-order valence-corrected chi connectivity index (χ1v) is 5.87. The fourth-order valence-corrected chi connectivity index (χ4v) is 1.87. The Kier molecular flexibility index (Phi) is 3.71. The smallest absolute Gasteiger partial charge is 0.300 e. The Labute approximate surface area is 110 Å². The lowest BCUT2D eigenvalue weighted by Crippen LogP contribution is -2.06. The van der Waals surface area contributed by atoms with Gasteiger partial charge in [-0.1, -0.05) is 24.3 Å². The Hall–Kier alpha value is -2.49. The lowest BCUT2D eigenvalue weighted by Gasteiger charge is -2.09. The van der Waals surface area contributed by atoms with E-state index in [-0.39, 0.29) is 5.78 Å². The molecule has 2 aromatic rings. The Morgan fingerprint density at radius 3 is 2.74 bits per heavy atom. The van der Waals surface area contributed by atoms with Crippen LogP contribution in [0, 0.1) is 0 Å². The summed E-state index contributed by atoms with van der Waals surface area (Å²) >= 11 is 0. The lowest BCUT2D eigenvalue weighted by molar-refractivity contribution is -0.134. The summed E-state index contributed by atoms with van der Waals surface area (Å²) in [5, 5.41) is 8.44. The first kappa shape index (κ1) is 13.0. The minimum atomic E-state index is -0.833. The number of hydrogen-bond acceptors (Lipinski definition) is 3. The van der Waals surface area contributed by atoms with Crippen LogP contribution < -0.4 is 0 Å². The van der Waals surface area contributed by atoms with E-state index in [1.165, 1.54) is 0 Å². The molecular weight excluding hydrogens is 242 g/mol. The minimum Gasteiger partial charge on any atom is -0.481 e. The molecule has 1 heterocycles. The molecular formula is C15H13NO3. The highest BCUT2D eigenvalue weighted by Gasteiger charge is 2.14. The van der Waals surface area contributed by atoms with Gasteiger partial charge in [0.25, 0.3) is 5.97 Å². The van der Waals surface area contributed by atoms with Crippen molar-refractivity contribution in [3.05, 3.63) is 47.7 Å². The fourth-order valence-electron chi connectivity index (χ4n) is 1.87. The second-order valence-corrected chi connectivity index (χ2v) is 4.16. The number of Topliss-reactive ketones (excluding diaryl/α,β-unsaturated/α-hetero) is 1. The van der Waals surface area contributed by atoms with Gasteiger partial charge in [-0.3, -0.25) is 9.59 Å². The topological polar surface area (TPSA) is 67.3 Å². The SMILES string of the molecule is CC(=O)O.O=C1CC=Cc2nc3ccccc3cc21. The summed E-state index contributed by atoms with van der Waals surface area (Å²) in [6.45, 7) is 1.08. The summed E-state index contributed by atoms with van der Waals surface area (Å²) in [7, 11) is 0. The quantitative estimate of drug-likeness (QED) is 0.786. The van der Waals surface area contributed by atoms with Crippen LogP contribution in [0.5, 0.6) is 0 Å². The maximum atomic E-state index is 11.6. The van der Waals surface area contributed by atoms with E-state index in [0.717, 1.165) is 29.1 Å². The first-order chi connectivity index (χ1) is 9.08. The number of fused-ring (bicyclic) bond motifs is 2. The molecule has 0 saturated carbocycles. The van der Waals surface area contributed by atoms with Gasteiger partial charge in [-0.15, -0.1) is 0 Å². The molecule has 1 N–H and O–H groups in total. The van der Waals surface area contributed by atoms with Gasteiger partial charge in [0.1, 0.15) is 0 Å². The average Bonchev–Trinajstić information content (AvgIpc) is 2.37. The van der Waals surface area contributed by atoms with Crippen LogP contribution in [0.3, 0.4) is 0 Å². The molecule has 96 valence electrons. The summed E-state index contributed by atoms with van der Waals surface area (Å²) in [4.78, 5) is 25.1. The van der Waals surface area contributed by atoms with E-state index in [1.54, 1.807) is 0 Å². The van der Waals surface area contributed by atoms with Gasteiger partial charge in [-0.05, 0) is 18.2 Å². The van der Waals surface area contributed by atoms with E-state index in [2.05, 4.69) is 4.98 Å². The second-order valence-electron chi connectivity index (χ2n) is 4.16. The molecule has 3 rings (SSSR count). The third kappa shape index (κ3) is 3.04. The van der Waals surface area contributed by atoms with Crippen LogP contribution >= 0.6 is 0 Å². The van der Waals surface area contributed by atoms with E-state index in [4.69, 9.17) is 9.90 Å². The summed E-state index contributed by atoms with van der Waals surface area (Å²) in [6, 6.07) is 9.79. The number of carbonyl (C=O) groups excluding carboxylic acids is 1. The molecule has 1 aliphatic carbocycles. The molecule has 0 bridgehead atoms. The summed E-state index contributed by atoms with van der Waals surface area (Å²) in [5.41, 5.74) is 2.48. The zero-order valence-electron chi connectivity index (χ0n) is 10.5. The van der Waals surface area contributed by atoms with Crippen LogP contribution in [0.1, 0.15) is 29.4 Å². The molecule has 0 atom stereocenters. The summed E-state index contributed by atoms with van der Waals surface area (Å²) in [6.07, 6.45) is 4.28. The number of carboxylic acids is 1. The number of nitrogens with zero attached hydrogens (tertiary/aromatic N) is 1. The molecule has 1 aromatic carbocycles. The van der Waals surface area contributed by atoms with Crippen molar-refractivity contribution in [2.45, 2.75) is 13.3 Å². The monoisotopic (exact) mass is 255 g/mol. The van der Waals surface area contributed by atoms with Gasteiger partial charge in [0.05, 0.1) is 11.2 Å². The minimum absolute atomic E-state index is 0.158. The Bertz CT molecular complexity index is 670. The molecule has 1 aliphatic rings. The van der Waals surface area contributed by atoms with E-state index in [1.807, 2.05) is 42.5 Å². The number of benzene rings is 1. The van der Waals surface area contributed by atoms with Crippen LogP contribution in [0.15, 0.2) is 36.4 Å². The van der Waals surface area contributed by atoms with Crippen LogP contribution in [0.25, 0.3) is 17.0 Å². The van der Waals surface area contributed by atoms with Gasteiger partial charge in [0, 0.05) is 24.3 Å². The number of aromatic nitrogens is 1. The van der Waals surface area contributed by atoms with Gasteiger partial charge in [0.2, 0.25) is 0 Å². The third-order valence-corrected chi connectivity index (χ3v) is 2.63. The number of rotatable bonds is 0. The van der Waals surface area contributed by atoms with E-state index >= 15 is 0 Å². The maximum absolute atomic E-state index is 11.6. The van der Waals surface area contributed by atoms with Crippen molar-refractivity contribution in [1.29, 1.82) is 0 Å². The predicted octanol–water partition coefficient (Wildman–Crippen LogP) is 2.93. The van der Waals surface area contributed by atoms with Gasteiger partial charge >= 0.3 is 0 Å². The van der Waals surface area contributed by atoms with E-state index in [9.17, 15) is 4.79 Å². The lowest BCUT2D eigenvalue weighted by atomic mass is 9.99. The zero-order valence-corrected chi connectivity index (χ0v) is 10.5. The highest BCUT2D eigenvalue weighted by molar-refractivity contribution is 6.04. The molecule has 1 aromatic heterocycles. The Balaban J connectivity index is 0.000000297. The normalized spacial score (nSPS) is 12.6. The number of aliphatic carboxylic acids is 1. The maximum Gasteiger partial charge on any atom is 0.300 e. The second kappa shape index (κ2) is 5.44. The largest absolute Gasteiger partial charge is 0.481 e. The molecule has 0 saturated heterocycles. The van der Waals surface area contributed by atoms with Gasteiger partial charge < -0.3 is 5.11 Å². The predicted molar refractivity (Wildman–Crippen MR) is 73.0 cm³/mol. The number of pyridine rings is 1. The molecule has 19 heavy (non-hydrogen) atoms. The first-order valence-electron chi connectivity index (χ1n) is 5.87. The molecule has 4 nitrogen and oxygen atoms in total. The van der Waals surface area contributed by atoms with Crippen molar-refractivity contribution >= 4 is 28.7 Å². The summed E-state index contributed by atoms with van der Waals surface area (Å²) < 4.78 is 0. The number of ketones is 1. The fraction of sp³-hybridized carbons (Fsp3) is 0.133. The van der Waals surface area contributed by atoms with Crippen LogP contribution in [-0.4, -0.2) is 21.8 Å². The molecule has 0 spiro atoms. The van der Waals surface area contributed by atoms with Crippen LogP contribution in [-0.2, 0) is 4.79 Å². The van der Waals surface area contributed by atoms with Crippen LogP contribution in [0.4, 0.5) is 0 Å². The van der Waals surface area contributed by atoms with Crippen molar-refractivity contribution in [2.75, 3.05) is 0 Å². The highest BCUT2D eigenvalue weighted by atomic mass is 16.4. The van der Waals surface area contributed by atoms with Crippen molar-refractivity contribution in [2.24, 2.45) is 0 Å². The van der Waals surface area contributed by atoms with Gasteiger partial charge in [-0.25, -0.2) is 4.98 Å². The highest BCUT2D eigenvalue weighted by Crippen LogP contribution is 2.22. The number of carbonyl (C=O) groups is 2. The Morgan fingerprint density at radius 2 is 2.00 bits per heavy atom. The molecule has 0 unspecified atom stereocenters. The van der Waals surface area contributed by atoms with Crippen molar-refractivity contribution in [3.8, 4) is 0 Å². The van der Waals surface area contributed by atoms with Gasteiger partial charge in [-0.2, -0.15) is 0 Å². The van der Waals surface area contributed by atoms with Crippen molar-refractivity contribution in [1.82, 2.24) is 4.98 Å². The number of carboxylic acid groups (broad SMARTS) is 1. The van der Waals surface area contributed by atoms with Gasteiger partial charge in [0.15, 0.2) is 5.78 Å².